The summed E-state index contributed by atoms with van der Waals surface area (Å²) in [4.78, 5) is 12.7. The van der Waals surface area contributed by atoms with Crippen molar-refractivity contribution in [3.8, 4) is 0 Å². The number of likely N-dealkylation sites (N-methyl/N-ethyl adjacent to an activating group) is 1. The number of benzene rings is 1. The second kappa shape index (κ2) is 3.23. The normalized spacial score (nSPS) is 20.5. The largest absolute Gasteiger partial charge is 0.347 e. The minimum atomic E-state index is -0.0771. The molecule has 0 unspecified atom stereocenters. The van der Waals surface area contributed by atoms with E-state index in [4.69, 9.17) is 0 Å². The van der Waals surface area contributed by atoms with Gasteiger partial charge in [0, 0.05) is 23.8 Å². The van der Waals surface area contributed by atoms with Crippen molar-refractivity contribution in [1.82, 2.24) is 0 Å². The van der Waals surface area contributed by atoms with Crippen molar-refractivity contribution in [2.45, 2.75) is 19.3 Å². The Kier molecular flexibility index (Phi) is 2.14. The highest BCUT2D eigenvalue weighted by molar-refractivity contribution is 5.76. The minimum absolute atomic E-state index is 0.0771. The Bertz CT molecular complexity index is 432. The maximum atomic E-state index is 10.6. The molecule has 0 radical (unpaired) electrons. The Morgan fingerprint density at radius 1 is 1.27 bits per heavy atom. The summed E-state index contributed by atoms with van der Waals surface area (Å²) in [6, 6.07) is 8.27. The van der Waals surface area contributed by atoms with Gasteiger partial charge in [-0.25, -0.2) is 0 Å². The zero-order chi connectivity index (χ0) is 11.1. The molecule has 2 heteroatoms. The van der Waals surface area contributed by atoms with Gasteiger partial charge in [-0.15, -0.1) is 0 Å². The third-order valence-corrected chi connectivity index (χ3v) is 3.17. The number of nitrogens with zero attached hydrogens (tertiary/aromatic N) is 1. The average molecular weight is 201 g/mol. The van der Waals surface area contributed by atoms with Gasteiger partial charge in [0.05, 0.1) is 0 Å². The molecule has 1 aliphatic heterocycles. The van der Waals surface area contributed by atoms with E-state index in [2.05, 4.69) is 30.9 Å². The molecule has 1 heterocycles. The van der Waals surface area contributed by atoms with Crippen molar-refractivity contribution >= 4 is 12.0 Å². The Balaban J connectivity index is 2.64. The maximum absolute atomic E-state index is 10.6. The van der Waals surface area contributed by atoms with E-state index < -0.39 is 0 Å². The van der Waals surface area contributed by atoms with Gasteiger partial charge in [0.25, 0.3) is 0 Å². The number of carbonyl (C=O) groups excluding carboxylic acids is 1. The first-order valence-corrected chi connectivity index (χ1v) is 5.08. The fraction of sp³-hybridized carbons (Fsp3) is 0.308. The van der Waals surface area contributed by atoms with Gasteiger partial charge in [-0.2, -0.15) is 0 Å². The average Bonchev–Trinajstić information content (AvgIpc) is 2.41. The summed E-state index contributed by atoms with van der Waals surface area (Å²) in [5.74, 6) is 0. The number of anilines is 1. The number of rotatable bonds is 1. The van der Waals surface area contributed by atoms with Crippen LogP contribution >= 0.6 is 0 Å². The summed E-state index contributed by atoms with van der Waals surface area (Å²) >= 11 is 0. The predicted molar refractivity (Wildman–Crippen MR) is 62.0 cm³/mol. The lowest BCUT2D eigenvalue weighted by Crippen LogP contribution is -2.22. The van der Waals surface area contributed by atoms with Crippen LogP contribution in [0.1, 0.15) is 19.4 Å². The molecule has 78 valence electrons. The number of fused-ring (bicyclic) bond motifs is 1. The molecular weight excluding hydrogens is 186 g/mol. The van der Waals surface area contributed by atoms with E-state index in [0.29, 0.717) is 0 Å². The van der Waals surface area contributed by atoms with Crippen LogP contribution in [0.4, 0.5) is 5.69 Å². The molecule has 1 aliphatic rings. The van der Waals surface area contributed by atoms with Crippen LogP contribution in [0.5, 0.6) is 0 Å². The van der Waals surface area contributed by atoms with Crippen molar-refractivity contribution in [1.29, 1.82) is 0 Å². The van der Waals surface area contributed by atoms with Crippen LogP contribution in [0.15, 0.2) is 36.0 Å². The van der Waals surface area contributed by atoms with E-state index in [1.165, 1.54) is 11.3 Å². The summed E-state index contributed by atoms with van der Waals surface area (Å²) in [6.07, 6.45) is 2.51. The lowest BCUT2D eigenvalue weighted by atomic mass is 9.84. The number of aldehydes is 1. The molecule has 0 atom stereocenters. The molecule has 0 saturated carbocycles. The van der Waals surface area contributed by atoms with Crippen LogP contribution in [0.3, 0.4) is 0 Å². The zero-order valence-corrected chi connectivity index (χ0v) is 9.32. The molecule has 1 aromatic rings. The van der Waals surface area contributed by atoms with E-state index in [9.17, 15) is 4.79 Å². The highest BCUT2D eigenvalue weighted by Gasteiger charge is 2.37. The molecule has 2 rings (SSSR count). The number of allylic oxidation sites excluding steroid dienone is 2. The summed E-state index contributed by atoms with van der Waals surface area (Å²) in [7, 11) is 2.00. The highest BCUT2D eigenvalue weighted by Crippen LogP contribution is 2.46. The summed E-state index contributed by atoms with van der Waals surface area (Å²) in [5.41, 5.74) is 3.45. The highest BCUT2D eigenvalue weighted by atomic mass is 16.1. The number of hydrogen-bond donors (Lipinski definition) is 0. The van der Waals surface area contributed by atoms with E-state index in [1.54, 1.807) is 6.08 Å². The van der Waals surface area contributed by atoms with Crippen LogP contribution in [-0.4, -0.2) is 13.3 Å². The Labute approximate surface area is 90.2 Å². The summed E-state index contributed by atoms with van der Waals surface area (Å²) < 4.78 is 0. The van der Waals surface area contributed by atoms with Crippen molar-refractivity contribution in [3.05, 3.63) is 41.6 Å². The van der Waals surface area contributed by atoms with Crippen LogP contribution in [0, 0.1) is 0 Å². The zero-order valence-electron chi connectivity index (χ0n) is 9.32. The number of carbonyl (C=O) groups is 1. The molecule has 0 aliphatic carbocycles. The van der Waals surface area contributed by atoms with Gasteiger partial charge in [-0.1, -0.05) is 32.0 Å². The molecule has 0 aromatic heterocycles. The van der Waals surface area contributed by atoms with E-state index in [1.807, 2.05) is 19.2 Å². The van der Waals surface area contributed by atoms with Gasteiger partial charge >= 0.3 is 0 Å². The number of para-hydroxylation sites is 1. The Morgan fingerprint density at radius 3 is 2.53 bits per heavy atom. The fourth-order valence-corrected chi connectivity index (χ4v) is 2.37. The Hall–Kier alpha value is -1.57. The monoisotopic (exact) mass is 201 g/mol. The molecule has 0 N–H and O–H groups in total. The lowest BCUT2D eigenvalue weighted by molar-refractivity contribution is -0.104. The quantitative estimate of drug-likeness (QED) is 0.514. The fourth-order valence-electron chi connectivity index (χ4n) is 2.37. The van der Waals surface area contributed by atoms with Gasteiger partial charge in [0.2, 0.25) is 0 Å². The molecular formula is C13H15NO. The van der Waals surface area contributed by atoms with Gasteiger partial charge < -0.3 is 4.90 Å². The lowest BCUT2D eigenvalue weighted by Gasteiger charge is -2.23. The molecule has 0 fully saturated rings. The van der Waals surface area contributed by atoms with Gasteiger partial charge in [0.15, 0.2) is 0 Å². The molecule has 0 amide bonds. The first-order chi connectivity index (χ1) is 7.09. The molecule has 0 spiro atoms. The third kappa shape index (κ3) is 1.29. The molecule has 0 bridgehead atoms. The SMILES string of the molecule is CN1/C(=C\C=O)C(C)(C)c2ccccc21. The molecule has 0 saturated heterocycles. The van der Waals surface area contributed by atoms with Gasteiger partial charge in [0.1, 0.15) is 6.29 Å². The first kappa shape index (κ1) is 9.97. The van der Waals surface area contributed by atoms with Gasteiger partial charge in [-0.3, -0.25) is 4.79 Å². The standard InChI is InChI=1S/C13H15NO/c1-13(2)10-6-4-5-7-11(10)14(3)12(13)8-9-15/h4-9H,1-3H3/b12-8-. The molecule has 1 aromatic carbocycles. The van der Waals surface area contributed by atoms with Crippen LogP contribution in [0.25, 0.3) is 0 Å². The van der Waals surface area contributed by atoms with E-state index in [-0.39, 0.29) is 5.41 Å². The third-order valence-electron chi connectivity index (χ3n) is 3.17. The van der Waals surface area contributed by atoms with Crippen molar-refractivity contribution < 1.29 is 4.79 Å². The molecule has 2 nitrogen and oxygen atoms in total. The van der Waals surface area contributed by atoms with E-state index in [0.717, 1.165) is 12.0 Å². The van der Waals surface area contributed by atoms with Gasteiger partial charge in [-0.05, 0) is 17.7 Å². The Morgan fingerprint density at radius 2 is 1.93 bits per heavy atom. The topological polar surface area (TPSA) is 20.3 Å². The second-order valence-corrected chi connectivity index (χ2v) is 4.39. The first-order valence-electron chi connectivity index (χ1n) is 5.08. The summed E-state index contributed by atoms with van der Waals surface area (Å²) in [6.45, 7) is 4.29. The minimum Gasteiger partial charge on any atom is -0.347 e. The number of hydrogen-bond acceptors (Lipinski definition) is 2. The molecule has 15 heavy (non-hydrogen) atoms. The smallest absolute Gasteiger partial charge is 0.144 e. The van der Waals surface area contributed by atoms with Crippen LogP contribution in [-0.2, 0) is 10.2 Å². The van der Waals surface area contributed by atoms with Crippen molar-refractivity contribution in [2.75, 3.05) is 11.9 Å². The summed E-state index contributed by atoms with van der Waals surface area (Å²) in [5, 5.41) is 0. The second-order valence-electron chi connectivity index (χ2n) is 4.39. The van der Waals surface area contributed by atoms with Crippen molar-refractivity contribution in [3.63, 3.8) is 0 Å². The predicted octanol–water partition coefficient (Wildman–Crippen LogP) is 2.50. The maximum Gasteiger partial charge on any atom is 0.144 e. The van der Waals surface area contributed by atoms with Crippen molar-refractivity contribution in [2.24, 2.45) is 0 Å². The van der Waals surface area contributed by atoms with E-state index >= 15 is 0 Å². The van der Waals surface area contributed by atoms with Crippen LogP contribution < -0.4 is 4.90 Å². The van der Waals surface area contributed by atoms with Crippen LogP contribution in [0.2, 0.25) is 0 Å².